The summed E-state index contributed by atoms with van der Waals surface area (Å²) in [5.41, 5.74) is -0.355. The molecule has 1 aliphatic carbocycles. The molecule has 0 aromatic carbocycles. The van der Waals surface area contributed by atoms with Crippen molar-refractivity contribution in [2.24, 2.45) is 5.41 Å². The Labute approximate surface area is 147 Å². The highest BCUT2D eigenvalue weighted by molar-refractivity contribution is 5.86. The van der Waals surface area contributed by atoms with Crippen molar-refractivity contribution >= 4 is 11.9 Å². The van der Waals surface area contributed by atoms with Gasteiger partial charge in [-0.1, -0.05) is 0 Å². The van der Waals surface area contributed by atoms with E-state index in [4.69, 9.17) is 0 Å². The molecule has 7 heteroatoms. The summed E-state index contributed by atoms with van der Waals surface area (Å²) in [6.45, 7) is 2.22. The number of hydrogen-bond acceptors (Lipinski definition) is 5. The van der Waals surface area contributed by atoms with Crippen LogP contribution in [-0.2, 0) is 4.79 Å². The van der Waals surface area contributed by atoms with E-state index in [-0.39, 0.29) is 23.5 Å². The average Bonchev–Trinajstić information content (AvgIpc) is 2.93. The maximum Gasteiger partial charge on any atom is 0.230 e. The van der Waals surface area contributed by atoms with Gasteiger partial charge in [0.1, 0.15) is 0 Å². The standard InChI is InChI=1S/C18H25FN4O2/c19-13-10-20-17(21-11-13)22-8-1-6-18(12-22)7-9-23(16(18)25)14-2-4-15(24)5-3-14/h10-11,14-15,24H,1-9,12H2/t14-,15+,18?. The highest BCUT2D eigenvalue weighted by Crippen LogP contribution is 2.43. The van der Waals surface area contributed by atoms with Crippen LogP contribution in [0, 0.1) is 11.2 Å². The first kappa shape index (κ1) is 16.7. The van der Waals surface area contributed by atoms with Gasteiger partial charge in [-0.2, -0.15) is 0 Å². The molecule has 1 unspecified atom stereocenters. The van der Waals surface area contributed by atoms with Crippen LogP contribution in [0.15, 0.2) is 12.4 Å². The molecule has 0 radical (unpaired) electrons. The van der Waals surface area contributed by atoms with Gasteiger partial charge in [0.15, 0.2) is 5.82 Å². The van der Waals surface area contributed by atoms with E-state index < -0.39 is 5.82 Å². The Bertz CT molecular complexity index is 632. The Morgan fingerprint density at radius 3 is 2.56 bits per heavy atom. The Kier molecular flexibility index (Phi) is 4.35. The van der Waals surface area contributed by atoms with Crippen LogP contribution in [0.4, 0.5) is 10.3 Å². The van der Waals surface area contributed by atoms with E-state index in [2.05, 4.69) is 14.9 Å². The van der Waals surface area contributed by atoms with Crippen LogP contribution < -0.4 is 4.90 Å². The summed E-state index contributed by atoms with van der Waals surface area (Å²) >= 11 is 0. The van der Waals surface area contributed by atoms with Crippen molar-refractivity contribution in [3.8, 4) is 0 Å². The van der Waals surface area contributed by atoms with Crippen molar-refractivity contribution in [2.75, 3.05) is 24.5 Å². The molecule has 1 atom stereocenters. The van der Waals surface area contributed by atoms with Crippen molar-refractivity contribution in [1.29, 1.82) is 0 Å². The molecule has 4 rings (SSSR count). The minimum Gasteiger partial charge on any atom is -0.393 e. The first-order valence-electron chi connectivity index (χ1n) is 9.29. The first-order chi connectivity index (χ1) is 12.1. The number of aliphatic hydroxyl groups excluding tert-OH is 1. The van der Waals surface area contributed by atoms with Crippen molar-refractivity contribution in [1.82, 2.24) is 14.9 Å². The van der Waals surface area contributed by atoms with E-state index in [1.807, 2.05) is 4.90 Å². The van der Waals surface area contributed by atoms with Gasteiger partial charge in [0.25, 0.3) is 0 Å². The molecule has 1 amide bonds. The van der Waals surface area contributed by atoms with Gasteiger partial charge in [-0.25, -0.2) is 14.4 Å². The molecule has 136 valence electrons. The molecule has 0 bridgehead atoms. The Hall–Kier alpha value is -1.76. The maximum absolute atomic E-state index is 13.2. The summed E-state index contributed by atoms with van der Waals surface area (Å²) < 4.78 is 13.1. The molecular formula is C18H25FN4O2. The fraction of sp³-hybridized carbons (Fsp3) is 0.722. The summed E-state index contributed by atoms with van der Waals surface area (Å²) in [6.07, 6.45) is 8.21. The average molecular weight is 348 g/mol. The topological polar surface area (TPSA) is 69.6 Å². The van der Waals surface area contributed by atoms with Crippen molar-refractivity contribution in [3.63, 3.8) is 0 Å². The van der Waals surface area contributed by atoms with Crippen LogP contribution >= 0.6 is 0 Å². The number of carbonyl (C=O) groups is 1. The van der Waals surface area contributed by atoms with Crippen LogP contribution in [0.1, 0.15) is 44.9 Å². The number of hydrogen-bond donors (Lipinski definition) is 1. The minimum absolute atomic E-state index is 0.205. The summed E-state index contributed by atoms with van der Waals surface area (Å²) in [5.74, 6) is 0.311. The SMILES string of the molecule is O=C1N([C@H]2CC[C@@H](O)CC2)CCC12CCCN(c1ncc(F)cn1)C2. The molecule has 1 aromatic heterocycles. The predicted octanol–water partition coefficient (Wildman–Crippen LogP) is 1.74. The molecule has 3 fully saturated rings. The molecule has 3 aliphatic rings. The van der Waals surface area contributed by atoms with Gasteiger partial charge in [0, 0.05) is 25.7 Å². The third-order valence-corrected chi connectivity index (χ3v) is 6.12. The van der Waals surface area contributed by atoms with E-state index in [0.717, 1.165) is 58.0 Å². The lowest BCUT2D eigenvalue weighted by molar-refractivity contribution is -0.139. The fourth-order valence-corrected chi connectivity index (χ4v) is 4.72. The van der Waals surface area contributed by atoms with E-state index in [0.29, 0.717) is 12.5 Å². The third-order valence-electron chi connectivity index (χ3n) is 6.12. The zero-order chi connectivity index (χ0) is 17.4. The molecule has 2 saturated heterocycles. The molecule has 1 aromatic rings. The molecule has 3 heterocycles. The molecule has 1 spiro atoms. The van der Waals surface area contributed by atoms with Gasteiger partial charge in [-0.05, 0) is 44.9 Å². The number of aliphatic hydroxyl groups is 1. The van der Waals surface area contributed by atoms with Gasteiger partial charge in [0.2, 0.25) is 11.9 Å². The van der Waals surface area contributed by atoms with Gasteiger partial charge in [-0.3, -0.25) is 4.79 Å². The second-order valence-corrected chi connectivity index (χ2v) is 7.72. The molecule has 6 nitrogen and oxygen atoms in total. The number of rotatable bonds is 2. The molecule has 1 saturated carbocycles. The fourth-order valence-electron chi connectivity index (χ4n) is 4.72. The zero-order valence-electron chi connectivity index (χ0n) is 14.4. The highest BCUT2D eigenvalue weighted by Gasteiger charge is 2.50. The largest absolute Gasteiger partial charge is 0.393 e. The lowest BCUT2D eigenvalue weighted by Gasteiger charge is -2.40. The van der Waals surface area contributed by atoms with Crippen molar-refractivity contribution in [2.45, 2.75) is 57.1 Å². The quantitative estimate of drug-likeness (QED) is 0.882. The summed E-state index contributed by atoms with van der Waals surface area (Å²) in [7, 11) is 0. The Morgan fingerprint density at radius 1 is 1.12 bits per heavy atom. The number of piperidine rings is 1. The monoisotopic (exact) mass is 348 g/mol. The lowest BCUT2D eigenvalue weighted by atomic mass is 9.78. The molecular weight excluding hydrogens is 323 g/mol. The van der Waals surface area contributed by atoms with Crippen LogP contribution in [0.3, 0.4) is 0 Å². The van der Waals surface area contributed by atoms with E-state index >= 15 is 0 Å². The number of amides is 1. The zero-order valence-corrected chi connectivity index (χ0v) is 14.4. The van der Waals surface area contributed by atoms with Crippen molar-refractivity contribution in [3.05, 3.63) is 18.2 Å². The van der Waals surface area contributed by atoms with Crippen molar-refractivity contribution < 1.29 is 14.3 Å². The Balaban J connectivity index is 1.48. The molecule has 25 heavy (non-hydrogen) atoms. The maximum atomic E-state index is 13.2. The van der Waals surface area contributed by atoms with Gasteiger partial charge in [-0.15, -0.1) is 0 Å². The first-order valence-corrected chi connectivity index (χ1v) is 9.29. The smallest absolute Gasteiger partial charge is 0.230 e. The van der Waals surface area contributed by atoms with Crippen LogP contribution in [0.25, 0.3) is 0 Å². The second kappa shape index (κ2) is 6.52. The van der Waals surface area contributed by atoms with Crippen LogP contribution in [0.2, 0.25) is 0 Å². The summed E-state index contributed by atoms with van der Waals surface area (Å²) in [5, 5.41) is 9.71. The second-order valence-electron chi connectivity index (χ2n) is 7.72. The van der Waals surface area contributed by atoms with E-state index in [1.165, 1.54) is 12.4 Å². The van der Waals surface area contributed by atoms with Crippen LogP contribution in [-0.4, -0.2) is 57.7 Å². The Morgan fingerprint density at radius 2 is 1.84 bits per heavy atom. The van der Waals surface area contributed by atoms with Gasteiger partial charge >= 0.3 is 0 Å². The number of halogens is 1. The number of likely N-dealkylation sites (tertiary alicyclic amines) is 1. The predicted molar refractivity (Wildman–Crippen MR) is 90.5 cm³/mol. The van der Waals surface area contributed by atoms with E-state index in [1.54, 1.807) is 0 Å². The number of carbonyl (C=O) groups excluding carboxylic acids is 1. The highest BCUT2D eigenvalue weighted by atomic mass is 19.1. The lowest BCUT2D eigenvalue weighted by Crippen LogP contribution is -2.50. The number of nitrogens with zero attached hydrogens (tertiary/aromatic N) is 4. The normalized spacial score (nSPS) is 33.3. The molecule has 1 N–H and O–H groups in total. The van der Waals surface area contributed by atoms with Gasteiger partial charge in [0.05, 0.1) is 23.9 Å². The minimum atomic E-state index is -0.446. The van der Waals surface area contributed by atoms with Crippen LogP contribution in [0.5, 0.6) is 0 Å². The summed E-state index contributed by atoms with van der Waals surface area (Å²) in [6, 6.07) is 0.271. The number of aromatic nitrogens is 2. The van der Waals surface area contributed by atoms with Gasteiger partial charge < -0.3 is 14.9 Å². The number of anilines is 1. The molecule has 2 aliphatic heterocycles. The van der Waals surface area contributed by atoms with E-state index in [9.17, 15) is 14.3 Å². The summed E-state index contributed by atoms with van der Waals surface area (Å²) in [4.78, 5) is 25.5. The third kappa shape index (κ3) is 3.10.